The van der Waals surface area contributed by atoms with Gasteiger partial charge in [-0.05, 0) is 60.7 Å². The van der Waals surface area contributed by atoms with E-state index in [0.717, 1.165) is 22.7 Å². The number of amides is 1. The average molecular weight is 510 g/mol. The van der Waals surface area contributed by atoms with Crippen LogP contribution in [0.25, 0.3) is 0 Å². The van der Waals surface area contributed by atoms with Crippen molar-refractivity contribution in [3.05, 3.63) is 54.1 Å². The Bertz CT molecular complexity index is 1190. The van der Waals surface area contributed by atoms with E-state index in [2.05, 4.69) is 12.2 Å². The van der Waals surface area contributed by atoms with Crippen LogP contribution in [-0.2, 0) is 31.4 Å². The molecule has 3 rings (SSSR count). The Morgan fingerprint density at radius 3 is 2.09 bits per heavy atom. The number of hydrogen-bond donors (Lipinski definition) is 1. The number of sulfonamides is 2. The van der Waals surface area contributed by atoms with Gasteiger partial charge in [-0.3, -0.25) is 4.79 Å². The monoisotopic (exact) mass is 509 g/mol. The number of nitrogens with one attached hydrogen (secondary N) is 1. The van der Waals surface area contributed by atoms with Crippen LogP contribution in [0.1, 0.15) is 25.3 Å². The Hall–Kier alpha value is -2.47. The van der Waals surface area contributed by atoms with Gasteiger partial charge in [0.1, 0.15) is 5.75 Å². The molecule has 2 aromatic rings. The van der Waals surface area contributed by atoms with Crippen LogP contribution in [0.3, 0.4) is 0 Å². The van der Waals surface area contributed by atoms with Gasteiger partial charge in [-0.1, -0.05) is 19.1 Å². The van der Waals surface area contributed by atoms with Crippen LogP contribution in [-0.4, -0.2) is 65.1 Å². The van der Waals surface area contributed by atoms with Crippen LogP contribution < -0.4 is 10.1 Å². The summed E-state index contributed by atoms with van der Waals surface area (Å²) in [7, 11) is -4.10. The molecule has 34 heavy (non-hydrogen) atoms. The number of benzene rings is 2. The molecule has 0 aromatic heterocycles. The van der Waals surface area contributed by atoms with E-state index in [4.69, 9.17) is 4.74 Å². The summed E-state index contributed by atoms with van der Waals surface area (Å²) >= 11 is 0. The number of nitrogens with zero attached hydrogens (tertiary/aromatic N) is 2. The molecule has 0 aliphatic carbocycles. The lowest BCUT2D eigenvalue weighted by molar-refractivity contribution is -0.123. The van der Waals surface area contributed by atoms with Gasteiger partial charge in [0.05, 0.1) is 9.79 Å². The summed E-state index contributed by atoms with van der Waals surface area (Å²) in [5.41, 5.74) is 0.743. The van der Waals surface area contributed by atoms with Crippen molar-refractivity contribution in [3.63, 3.8) is 0 Å². The summed E-state index contributed by atoms with van der Waals surface area (Å²) in [4.78, 5) is 12.5. The molecule has 1 fully saturated rings. The topological polar surface area (TPSA) is 113 Å². The van der Waals surface area contributed by atoms with Gasteiger partial charge in [0.2, 0.25) is 20.0 Å². The summed E-state index contributed by atoms with van der Waals surface area (Å²) in [5.74, 6) is 0.565. The SMILES string of the molecule is CC1CCN(S(=O)(=O)c2ccc(OCC(=O)NCc3ccc(S(=O)(=O)N(C)C)cc3)cc2)CC1. The first-order valence-corrected chi connectivity index (χ1v) is 13.9. The van der Waals surface area contributed by atoms with E-state index in [1.807, 2.05) is 0 Å². The van der Waals surface area contributed by atoms with Crippen molar-refractivity contribution in [2.75, 3.05) is 33.8 Å². The third-order valence-corrected chi connectivity index (χ3v) is 9.51. The largest absolute Gasteiger partial charge is 0.484 e. The Labute approximate surface area is 201 Å². The van der Waals surface area contributed by atoms with Crippen LogP contribution >= 0.6 is 0 Å². The van der Waals surface area contributed by atoms with Gasteiger partial charge >= 0.3 is 0 Å². The maximum atomic E-state index is 12.8. The summed E-state index contributed by atoms with van der Waals surface area (Å²) < 4.78 is 57.9. The molecular weight excluding hydrogens is 478 g/mol. The van der Waals surface area contributed by atoms with Crippen molar-refractivity contribution < 1.29 is 26.4 Å². The Morgan fingerprint density at radius 1 is 0.971 bits per heavy atom. The highest BCUT2D eigenvalue weighted by Crippen LogP contribution is 2.24. The van der Waals surface area contributed by atoms with Crippen LogP contribution in [0.15, 0.2) is 58.3 Å². The standard InChI is InChI=1S/C23H31N3O6S2/c1-18-12-14-26(15-13-18)34(30,31)22-10-6-20(7-11-22)32-17-23(27)24-16-19-4-8-21(9-5-19)33(28,29)25(2)3/h4-11,18H,12-17H2,1-3H3,(H,24,27). The Morgan fingerprint density at radius 2 is 1.53 bits per heavy atom. The smallest absolute Gasteiger partial charge is 0.258 e. The van der Waals surface area contributed by atoms with Crippen LogP contribution in [0, 0.1) is 5.92 Å². The molecule has 0 unspecified atom stereocenters. The van der Waals surface area contributed by atoms with Crippen molar-refractivity contribution in [2.45, 2.75) is 36.1 Å². The molecule has 186 valence electrons. The fraction of sp³-hybridized carbons (Fsp3) is 0.435. The van der Waals surface area contributed by atoms with E-state index in [0.29, 0.717) is 24.8 Å². The highest BCUT2D eigenvalue weighted by atomic mass is 32.2. The van der Waals surface area contributed by atoms with E-state index >= 15 is 0 Å². The van der Waals surface area contributed by atoms with Crippen molar-refractivity contribution >= 4 is 26.0 Å². The van der Waals surface area contributed by atoms with Gasteiger partial charge in [0, 0.05) is 33.7 Å². The third kappa shape index (κ3) is 6.35. The molecule has 1 aliphatic heterocycles. The van der Waals surface area contributed by atoms with Crippen LogP contribution in [0.4, 0.5) is 0 Å². The van der Waals surface area contributed by atoms with Gasteiger partial charge in [-0.15, -0.1) is 0 Å². The number of ether oxygens (including phenoxy) is 1. The summed E-state index contributed by atoms with van der Waals surface area (Å²) in [6.07, 6.45) is 1.71. The molecular formula is C23H31N3O6S2. The molecule has 0 atom stereocenters. The fourth-order valence-corrected chi connectivity index (χ4v) is 5.84. The molecule has 1 heterocycles. The molecule has 0 radical (unpaired) electrons. The van der Waals surface area contributed by atoms with Crippen molar-refractivity contribution in [1.29, 1.82) is 0 Å². The first-order chi connectivity index (χ1) is 16.0. The molecule has 0 saturated carbocycles. The second-order valence-corrected chi connectivity index (χ2v) is 12.6. The lowest BCUT2D eigenvalue weighted by Gasteiger charge is -2.29. The molecule has 1 amide bonds. The predicted molar refractivity (Wildman–Crippen MR) is 128 cm³/mol. The van der Waals surface area contributed by atoms with Gasteiger partial charge in [-0.25, -0.2) is 21.1 Å². The first kappa shape index (κ1) is 26.1. The second-order valence-electron chi connectivity index (χ2n) is 8.55. The number of carbonyl (C=O) groups is 1. The van der Waals surface area contributed by atoms with Crippen molar-refractivity contribution in [3.8, 4) is 5.75 Å². The van der Waals surface area contributed by atoms with E-state index in [-0.39, 0.29) is 28.8 Å². The first-order valence-electron chi connectivity index (χ1n) is 11.0. The molecule has 9 nitrogen and oxygen atoms in total. The van der Waals surface area contributed by atoms with E-state index in [9.17, 15) is 21.6 Å². The quantitative estimate of drug-likeness (QED) is 0.554. The van der Waals surface area contributed by atoms with E-state index < -0.39 is 20.0 Å². The zero-order valence-electron chi connectivity index (χ0n) is 19.6. The van der Waals surface area contributed by atoms with Crippen LogP contribution in [0.2, 0.25) is 0 Å². The minimum atomic E-state index is -3.53. The average Bonchev–Trinajstić information content (AvgIpc) is 2.82. The third-order valence-electron chi connectivity index (χ3n) is 5.77. The van der Waals surface area contributed by atoms with Gasteiger partial charge in [0.25, 0.3) is 5.91 Å². The lowest BCUT2D eigenvalue weighted by atomic mass is 10.0. The zero-order valence-corrected chi connectivity index (χ0v) is 21.2. The molecule has 0 bridgehead atoms. The molecule has 1 N–H and O–H groups in total. The van der Waals surface area contributed by atoms with Gasteiger partial charge in [0.15, 0.2) is 6.61 Å². The highest BCUT2D eigenvalue weighted by Gasteiger charge is 2.28. The number of hydrogen-bond acceptors (Lipinski definition) is 6. The molecule has 1 saturated heterocycles. The normalized spacial score (nSPS) is 15.9. The highest BCUT2D eigenvalue weighted by molar-refractivity contribution is 7.89. The summed E-state index contributed by atoms with van der Waals surface area (Å²) in [6, 6.07) is 12.3. The van der Waals surface area contributed by atoms with Crippen molar-refractivity contribution in [1.82, 2.24) is 13.9 Å². The molecule has 2 aromatic carbocycles. The van der Waals surface area contributed by atoms with Gasteiger partial charge in [-0.2, -0.15) is 4.31 Å². The van der Waals surface area contributed by atoms with Gasteiger partial charge < -0.3 is 10.1 Å². The minimum absolute atomic E-state index is 0.177. The maximum absolute atomic E-state index is 12.8. The predicted octanol–water partition coefficient (Wildman–Crippen LogP) is 2.05. The number of carbonyl (C=O) groups excluding carboxylic acids is 1. The molecule has 1 aliphatic rings. The molecule has 0 spiro atoms. The van der Waals surface area contributed by atoms with Crippen molar-refractivity contribution in [2.24, 2.45) is 5.92 Å². The van der Waals surface area contributed by atoms with Crippen LogP contribution in [0.5, 0.6) is 5.75 Å². The summed E-state index contributed by atoms with van der Waals surface area (Å²) in [6.45, 7) is 3.16. The molecule has 11 heteroatoms. The Kier molecular flexibility index (Phi) is 8.34. The summed E-state index contributed by atoms with van der Waals surface area (Å²) in [5, 5.41) is 2.71. The lowest BCUT2D eigenvalue weighted by Crippen LogP contribution is -2.37. The second kappa shape index (κ2) is 10.9. The maximum Gasteiger partial charge on any atom is 0.258 e. The number of rotatable bonds is 9. The minimum Gasteiger partial charge on any atom is -0.484 e. The number of piperidine rings is 1. The fourth-order valence-electron chi connectivity index (χ4n) is 3.47. The Balaban J connectivity index is 1.49. The zero-order chi connectivity index (χ0) is 24.9. The van der Waals surface area contributed by atoms with E-state index in [1.165, 1.54) is 54.8 Å². The van der Waals surface area contributed by atoms with E-state index in [1.54, 1.807) is 12.1 Å².